The van der Waals surface area contributed by atoms with Crippen molar-refractivity contribution < 1.29 is 28.6 Å². The quantitative estimate of drug-likeness (QED) is 0.511. The van der Waals surface area contributed by atoms with Crippen LogP contribution in [0.2, 0.25) is 0 Å². The third-order valence-electron chi connectivity index (χ3n) is 4.51. The van der Waals surface area contributed by atoms with E-state index in [1.54, 1.807) is 13.2 Å². The molecule has 0 aliphatic heterocycles. The first-order valence-electron chi connectivity index (χ1n) is 8.86. The van der Waals surface area contributed by atoms with Crippen LogP contribution in [0.3, 0.4) is 0 Å². The van der Waals surface area contributed by atoms with Crippen LogP contribution >= 0.6 is 0 Å². The normalized spacial score (nSPS) is 11.8. The molecule has 2 rings (SSSR count). The Morgan fingerprint density at radius 2 is 1.57 bits per heavy atom. The van der Waals surface area contributed by atoms with Gasteiger partial charge in [0.1, 0.15) is 0 Å². The van der Waals surface area contributed by atoms with E-state index in [1.165, 1.54) is 31.4 Å². The standard InChI is InChI=1S/C21H25NO6/c1-13-10-18(15(3)22(13)14(2)11-26-4)19(23)12-28-21(25)17-8-6-16(7-9-17)20(24)27-5/h6-10,14H,11-12H2,1-5H3/t14-/m0/s1. The summed E-state index contributed by atoms with van der Waals surface area (Å²) in [5.74, 6) is -1.40. The predicted molar refractivity (Wildman–Crippen MR) is 103 cm³/mol. The molecule has 0 saturated carbocycles. The molecule has 1 heterocycles. The molecule has 0 fully saturated rings. The van der Waals surface area contributed by atoms with Crippen molar-refractivity contribution in [3.63, 3.8) is 0 Å². The molecule has 0 amide bonds. The second-order valence-corrected chi connectivity index (χ2v) is 6.53. The van der Waals surface area contributed by atoms with E-state index in [4.69, 9.17) is 9.47 Å². The molecule has 28 heavy (non-hydrogen) atoms. The van der Waals surface area contributed by atoms with Crippen molar-refractivity contribution in [1.29, 1.82) is 0 Å². The molecular formula is C21H25NO6. The molecule has 1 aromatic carbocycles. The molecule has 0 radical (unpaired) electrons. The zero-order valence-corrected chi connectivity index (χ0v) is 16.8. The highest BCUT2D eigenvalue weighted by Gasteiger charge is 2.20. The van der Waals surface area contributed by atoms with E-state index in [1.807, 2.05) is 25.3 Å². The summed E-state index contributed by atoms with van der Waals surface area (Å²) in [6, 6.07) is 7.73. The number of rotatable bonds is 8. The fourth-order valence-corrected chi connectivity index (χ4v) is 3.21. The number of methoxy groups -OCH3 is 2. The van der Waals surface area contributed by atoms with Gasteiger partial charge in [0, 0.05) is 24.1 Å². The van der Waals surface area contributed by atoms with Gasteiger partial charge in [-0.05, 0) is 51.1 Å². The van der Waals surface area contributed by atoms with Crippen LogP contribution in [0.4, 0.5) is 0 Å². The lowest BCUT2D eigenvalue weighted by molar-refractivity contribution is 0.0473. The van der Waals surface area contributed by atoms with Crippen LogP contribution in [-0.2, 0) is 14.2 Å². The zero-order valence-electron chi connectivity index (χ0n) is 16.8. The van der Waals surface area contributed by atoms with Crippen molar-refractivity contribution in [1.82, 2.24) is 4.57 Å². The predicted octanol–water partition coefficient (Wildman–Crippen LogP) is 3.14. The van der Waals surface area contributed by atoms with Gasteiger partial charge < -0.3 is 18.8 Å². The van der Waals surface area contributed by atoms with Crippen LogP contribution in [0.15, 0.2) is 30.3 Å². The van der Waals surface area contributed by atoms with Crippen LogP contribution in [0, 0.1) is 13.8 Å². The van der Waals surface area contributed by atoms with E-state index in [2.05, 4.69) is 4.74 Å². The molecule has 1 atom stereocenters. The average Bonchev–Trinajstić information content (AvgIpc) is 2.99. The first kappa shape index (κ1) is 21.4. The van der Waals surface area contributed by atoms with Gasteiger partial charge in [0.05, 0.1) is 30.9 Å². The Morgan fingerprint density at radius 1 is 1.00 bits per heavy atom. The van der Waals surface area contributed by atoms with Crippen molar-refractivity contribution in [3.05, 3.63) is 58.4 Å². The van der Waals surface area contributed by atoms with Gasteiger partial charge in [-0.2, -0.15) is 0 Å². The number of ketones is 1. The van der Waals surface area contributed by atoms with Crippen LogP contribution in [-0.4, -0.2) is 49.7 Å². The largest absolute Gasteiger partial charge is 0.465 e. The summed E-state index contributed by atoms with van der Waals surface area (Å²) < 4.78 is 17.0. The van der Waals surface area contributed by atoms with Crippen molar-refractivity contribution >= 4 is 17.7 Å². The molecule has 0 aliphatic carbocycles. The van der Waals surface area contributed by atoms with Crippen LogP contribution in [0.25, 0.3) is 0 Å². The fraction of sp³-hybridized carbons (Fsp3) is 0.381. The summed E-state index contributed by atoms with van der Waals surface area (Å²) in [5, 5.41) is 0. The Balaban J connectivity index is 2.05. The number of carbonyl (C=O) groups is 3. The lowest BCUT2D eigenvalue weighted by Crippen LogP contribution is -2.17. The third kappa shape index (κ3) is 4.67. The first-order chi connectivity index (χ1) is 13.3. The number of aromatic nitrogens is 1. The molecule has 7 nitrogen and oxygen atoms in total. The van der Waals surface area contributed by atoms with Crippen LogP contribution in [0.5, 0.6) is 0 Å². The Kier molecular flexibility index (Phi) is 7.12. The summed E-state index contributed by atoms with van der Waals surface area (Å²) in [5.41, 5.74) is 2.85. The number of aryl methyl sites for hydroxylation is 1. The maximum Gasteiger partial charge on any atom is 0.338 e. The topological polar surface area (TPSA) is 83.8 Å². The van der Waals surface area contributed by atoms with Crippen molar-refractivity contribution in [2.45, 2.75) is 26.8 Å². The van der Waals surface area contributed by atoms with Gasteiger partial charge in [-0.25, -0.2) is 9.59 Å². The van der Waals surface area contributed by atoms with E-state index in [-0.39, 0.29) is 24.0 Å². The van der Waals surface area contributed by atoms with Crippen molar-refractivity contribution in [2.24, 2.45) is 0 Å². The van der Waals surface area contributed by atoms with Gasteiger partial charge in [0.25, 0.3) is 0 Å². The second kappa shape index (κ2) is 9.32. The highest BCUT2D eigenvalue weighted by Crippen LogP contribution is 2.21. The van der Waals surface area contributed by atoms with E-state index in [0.717, 1.165) is 11.4 Å². The molecule has 0 saturated heterocycles. The molecule has 150 valence electrons. The van der Waals surface area contributed by atoms with Gasteiger partial charge in [0.15, 0.2) is 6.61 Å². The third-order valence-corrected chi connectivity index (χ3v) is 4.51. The lowest BCUT2D eigenvalue weighted by Gasteiger charge is -2.17. The van der Waals surface area contributed by atoms with Gasteiger partial charge in [-0.1, -0.05) is 0 Å². The number of ether oxygens (including phenoxy) is 3. The fourth-order valence-electron chi connectivity index (χ4n) is 3.21. The SMILES string of the molecule is COC[C@H](C)n1c(C)cc(C(=O)COC(=O)c2ccc(C(=O)OC)cc2)c1C. The molecule has 2 aromatic rings. The summed E-state index contributed by atoms with van der Waals surface area (Å²) in [6.07, 6.45) is 0. The van der Waals surface area contributed by atoms with Gasteiger partial charge in [-0.3, -0.25) is 4.79 Å². The summed E-state index contributed by atoms with van der Waals surface area (Å²) >= 11 is 0. The molecule has 1 aromatic heterocycles. The lowest BCUT2D eigenvalue weighted by atomic mass is 10.1. The number of Topliss-reactive ketones (excluding diaryl/α,β-unsaturated/α-hetero) is 1. The molecule has 0 unspecified atom stereocenters. The summed E-state index contributed by atoms with van der Waals surface area (Å²) in [4.78, 5) is 36.1. The average molecular weight is 387 g/mol. The number of carbonyl (C=O) groups excluding carboxylic acids is 3. The highest BCUT2D eigenvalue weighted by atomic mass is 16.5. The molecule has 7 heteroatoms. The minimum Gasteiger partial charge on any atom is -0.465 e. The number of nitrogens with zero attached hydrogens (tertiary/aromatic N) is 1. The van der Waals surface area contributed by atoms with Crippen LogP contribution in [0.1, 0.15) is 55.4 Å². The molecular weight excluding hydrogens is 362 g/mol. The maximum atomic E-state index is 12.5. The van der Waals surface area contributed by atoms with Crippen molar-refractivity contribution in [3.8, 4) is 0 Å². The summed E-state index contributed by atoms with van der Waals surface area (Å²) in [7, 11) is 2.91. The zero-order chi connectivity index (χ0) is 20.8. The van der Waals surface area contributed by atoms with E-state index >= 15 is 0 Å². The number of benzene rings is 1. The number of esters is 2. The number of hydrogen-bond acceptors (Lipinski definition) is 6. The second-order valence-electron chi connectivity index (χ2n) is 6.53. The Hall–Kier alpha value is -2.93. The summed E-state index contributed by atoms with van der Waals surface area (Å²) in [6.45, 7) is 5.96. The van der Waals surface area contributed by atoms with Crippen LogP contribution < -0.4 is 0 Å². The monoisotopic (exact) mass is 387 g/mol. The minimum atomic E-state index is -0.633. The van der Waals surface area contributed by atoms with Gasteiger partial charge in [-0.15, -0.1) is 0 Å². The molecule has 0 N–H and O–H groups in total. The van der Waals surface area contributed by atoms with Gasteiger partial charge in [0.2, 0.25) is 5.78 Å². The highest BCUT2D eigenvalue weighted by molar-refractivity contribution is 6.00. The first-order valence-corrected chi connectivity index (χ1v) is 8.86. The maximum absolute atomic E-state index is 12.5. The van der Waals surface area contributed by atoms with E-state index in [9.17, 15) is 14.4 Å². The van der Waals surface area contributed by atoms with Gasteiger partial charge >= 0.3 is 11.9 Å². The number of hydrogen-bond donors (Lipinski definition) is 0. The minimum absolute atomic E-state index is 0.0856. The molecule has 0 spiro atoms. The van der Waals surface area contributed by atoms with E-state index < -0.39 is 11.9 Å². The molecule has 0 aliphatic rings. The van der Waals surface area contributed by atoms with Crippen molar-refractivity contribution in [2.75, 3.05) is 27.4 Å². The van der Waals surface area contributed by atoms with E-state index in [0.29, 0.717) is 17.7 Å². The Labute approximate surface area is 164 Å². The molecule has 0 bridgehead atoms. The Bertz CT molecular complexity index is 866. The smallest absolute Gasteiger partial charge is 0.338 e. The Morgan fingerprint density at radius 3 is 2.11 bits per heavy atom.